The van der Waals surface area contributed by atoms with Crippen LogP contribution in [0.15, 0.2) is 60.9 Å². The van der Waals surface area contributed by atoms with E-state index >= 15 is 0 Å². The van der Waals surface area contributed by atoms with Gasteiger partial charge in [0.25, 0.3) is 0 Å². The van der Waals surface area contributed by atoms with Gasteiger partial charge in [0.2, 0.25) is 11.7 Å². The van der Waals surface area contributed by atoms with Crippen molar-refractivity contribution in [2.75, 3.05) is 12.4 Å². The molecule has 7 atom stereocenters. The minimum atomic E-state index is -1.18. The number of carbonyl (C=O) groups excluding carboxylic acids is 1. The number of amides is 1. The fraction of sp³-hybridized carbons (Fsp3) is 0.333. The quantitative estimate of drug-likeness (QED) is 0.280. The van der Waals surface area contributed by atoms with Gasteiger partial charge in [-0.3, -0.25) is 4.79 Å². The number of aliphatic hydroxyl groups is 2. The number of nitrogens with zero attached hydrogens (tertiary/aromatic N) is 4. The lowest BCUT2D eigenvalue weighted by Gasteiger charge is -2.23. The Morgan fingerprint density at radius 1 is 1.12 bits per heavy atom. The van der Waals surface area contributed by atoms with Gasteiger partial charge in [-0.2, -0.15) is 0 Å². The zero-order valence-electron chi connectivity index (χ0n) is 21.6. The van der Waals surface area contributed by atoms with Crippen molar-refractivity contribution in [2.45, 2.75) is 43.1 Å². The molecule has 2 aromatic carbocycles. The van der Waals surface area contributed by atoms with Gasteiger partial charge in [-0.1, -0.05) is 53.9 Å². The molecular formula is C30H27ClN6O3. The first kappa shape index (κ1) is 25.0. The van der Waals surface area contributed by atoms with Gasteiger partial charge in [0.05, 0.1) is 23.9 Å². The predicted molar refractivity (Wildman–Crippen MR) is 150 cm³/mol. The smallest absolute Gasteiger partial charge is 0.229 e. The van der Waals surface area contributed by atoms with Crippen molar-refractivity contribution < 1.29 is 15.0 Å². The van der Waals surface area contributed by atoms with Gasteiger partial charge in [0, 0.05) is 35.5 Å². The Morgan fingerprint density at radius 3 is 2.73 bits per heavy atom. The number of halogens is 1. The first-order chi connectivity index (χ1) is 19.4. The summed E-state index contributed by atoms with van der Waals surface area (Å²) in [5, 5.41) is 28.7. The highest BCUT2D eigenvalue weighted by molar-refractivity contribution is 6.30. The van der Waals surface area contributed by atoms with Gasteiger partial charge < -0.3 is 25.4 Å². The molecule has 2 heterocycles. The molecule has 0 spiro atoms. The number of carbonyl (C=O) groups is 1. The van der Waals surface area contributed by atoms with Gasteiger partial charge in [-0.15, -0.1) is 0 Å². The molecule has 9 nitrogen and oxygen atoms in total. The fourth-order valence-corrected chi connectivity index (χ4v) is 6.56. The van der Waals surface area contributed by atoms with Crippen molar-refractivity contribution in [2.24, 2.45) is 11.3 Å². The Kier molecular flexibility index (Phi) is 5.82. The number of benzene rings is 2. The van der Waals surface area contributed by atoms with Crippen LogP contribution >= 0.6 is 11.6 Å². The summed E-state index contributed by atoms with van der Waals surface area (Å²) in [4.78, 5) is 26.8. The predicted octanol–water partition coefficient (Wildman–Crippen LogP) is 2.88. The lowest BCUT2D eigenvalue weighted by atomic mass is 9.98. The van der Waals surface area contributed by atoms with Crippen LogP contribution in [-0.4, -0.2) is 60.9 Å². The maximum atomic E-state index is 12.7. The monoisotopic (exact) mass is 554 g/mol. The zero-order chi connectivity index (χ0) is 27.6. The van der Waals surface area contributed by atoms with Gasteiger partial charge >= 0.3 is 0 Å². The molecule has 202 valence electrons. The molecule has 3 fully saturated rings. The summed E-state index contributed by atoms with van der Waals surface area (Å²) in [6.07, 6.45) is 0.725. The number of rotatable bonds is 5. The van der Waals surface area contributed by atoms with E-state index in [1.165, 1.54) is 5.56 Å². The summed E-state index contributed by atoms with van der Waals surface area (Å²) >= 11 is 6.13. The van der Waals surface area contributed by atoms with Crippen molar-refractivity contribution >= 4 is 34.5 Å². The minimum Gasteiger partial charge on any atom is -0.389 e. The van der Waals surface area contributed by atoms with Gasteiger partial charge in [-0.05, 0) is 42.5 Å². The topological polar surface area (TPSA) is 125 Å². The van der Waals surface area contributed by atoms with E-state index in [0.29, 0.717) is 34.3 Å². The Morgan fingerprint density at radius 2 is 1.95 bits per heavy atom. The maximum absolute atomic E-state index is 12.7. The third-order valence-electron chi connectivity index (χ3n) is 8.55. The van der Waals surface area contributed by atoms with E-state index in [1.54, 1.807) is 30.1 Å². The zero-order valence-corrected chi connectivity index (χ0v) is 22.4. The molecule has 2 aromatic heterocycles. The molecule has 0 saturated heterocycles. The molecule has 3 aliphatic carbocycles. The Labute approximate surface area is 235 Å². The molecule has 7 unspecified atom stereocenters. The summed E-state index contributed by atoms with van der Waals surface area (Å²) < 4.78 is 1.77. The number of hydrogen-bond acceptors (Lipinski definition) is 7. The van der Waals surface area contributed by atoms with E-state index in [0.717, 1.165) is 12.0 Å². The molecule has 4 N–H and O–H groups in total. The molecule has 0 aliphatic heterocycles. The van der Waals surface area contributed by atoms with Crippen LogP contribution in [0, 0.1) is 23.2 Å². The molecular weight excluding hydrogens is 528 g/mol. The number of aromatic nitrogens is 4. The normalized spacial score (nSPS) is 29.8. The summed E-state index contributed by atoms with van der Waals surface area (Å²) in [7, 11) is 1.54. The molecule has 3 saturated carbocycles. The summed E-state index contributed by atoms with van der Waals surface area (Å²) in [6.45, 7) is 0. The second kappa shape index (κ2) is 9.30. The van der Waals surface area contributed by atoms with Crippen LogP contribution in [0.4, 0.5) is 5.82 Å². The van der Waals surface area contributed by atoms with Gasteiger partial charge in [0.1, 0.15) is 6.10 Å². The number of anilines is 1. The minimum absolute atomic E-state index is 0.183. The highest BCUT2D eigenvalue weighted by Gasteiger charge is 2.75. The van der Waals surface area contributed by atoms with Crippen LogP contribution in [0.1, 0.15) is 41.8 Å². The number of imidazole rings is 1. The standard InChI is InChI=1S/C30H27ClN6O3/c1-32-29(40)30-14-20(30)24(25(38)26(30)39)37-15-33-23-27(34-21-13-19(21)17-7-3-2-4-8-17)35-22(36-28(23)37)11-10-16-6-5-9-18(31)12-16/h2-9,12,15,19-21,24-26,38-39H,13-14H2,1H3,(H,32,40)(H,34,35,36). The maximum Gasteiger partial charge on any atom is 0.229 e. The lowest BCUT2D eigenvalue weighted by Crippen LogP contribution is -2.41. The molecule has 0 bridgehead atoms. The summed E-state index contributed by atoms with van der Waals surface area (Å²) in [6, 6.07) is 17.2. The van der Waals surface area contributed by atoms with Crippen LogP contribution in [0.25, 0.3) is 11.2 Å². The molecule has 7 rings (SSSR count). The molecule has 1 amide bonds. The van der Waals surface area contributed by atoms with Crippen LogP contribution in [-0.2, 0) is 4.79 Å². The van der Waals surface area contributed by atoms with Crippen LogP contribution in [0.2, 0.25) is 5.02 Å². The van der Waals surface area contributed by atoms with E-state index in [4.69, 9.17) is 21.6 Å². The average molecular weight is 555 g/mol. The Hall–Kier alpha value is -3.97. The number of nitrogens with one attached hydrogen (secondary N) is 2. The third kappa shape index (κ3) is 3.94. The number of hydrogen-bond donors (Lipinski definition) is 4. The van der Waals surface area contributed by atoms with Crippen LogP contribution in [0.3, 0.4) is 0 Å². The van der Waals surface area contributed by atoms with Gasteiger partial charge in [0.15, 0.2) is 17.0 Å². The lowest BCUT2D eigenvalue weighted by molar-refractivity contribution is -0.132. The molecule has 0 radical (unpaired) electrons. The summed E-state index contributed by atoms with van der Waals surface area (Å²) in [5.74, 6) is 6.84. The largest absolute Gasteiger partial charge is 0.389 e. The van der Waals surface area contributed by atoms with Crippen LogP contribution in [0.5, 0.6) is 0 Å². The van der Waals surface area contributed by atoms with Crippen molar-refractivity contribution in [3.63, 3.8) is 0 Å². The first-order valence-corrected chi connectivity index (χ1v) is 13.7. The molecule has 3 aliphatic rings. The number of aliphatic hydroxyl groups excluding tert-OH is 2. The van der Waals surface area contributed by atoms with Crippen molar-refractivity contribution in [3.05, 3.63) is 82.9 Å². The van der Waals surface area contributed by atoms with E-state index < -0.39 is 23.7 Å². The molecule has 40 heavy (non-hydrogen) atoms. The van der Waals surface area contributed by atoms with E-state index in [2.05, 4.69) is 39.6 Å². The second-order valence-electron chi connectivity index (χ2n) is 10.8. The average Bonchev–Trinajstić information content (AvgIpc) is 3.85. The Balaban J connectivity index is 1.28. The van der Waals surface area contributed by atoms with E-state index in [-0.39, 0.29) is 23.7 Å². The van der Waals surface area contributed by atoms with E-state index in [1.807, 2.05) is 30.3 Å². The summed E-state index contributed by atoms with van der Waals surface area (Å²) in [5.41, 5.74) is 2.02. The Bertz CT molecular complexity index is 1700. The molecule has 10 heteroatoms. The fourth-order valence-electron chi connectivity index (χ4n) is 6.37. The highest BCUT2D eigenvalue weighted by atomic mass is 35.5. The first-order valence-electron chi connectivity index (χ1n) is 13.3. The van der Waals surface area contributed by atoms with Crippen molar-refractivity contribution in [1.29, 1.82) is 0 Å². The molecule has 4 aromatic rings. The van der Waals surface area contributed by atoms with Gasteiger partial charge in [-0.25, -0.2) is 15.0 Å². The number of fused-ring (bicyclic) bond motifs is 2. The second-order valence-corrected chi connectivity index (χ2v) is 11.3. The van der Waals surface area contributed by atoms with Crippen molar-refractivity contribution in [1.82, 2.24) is 24.8 Å². The SMILES string of the molecule is CNC(=O)C12CC1C(n1cnc3c(NC4CC4c4ccccc4)nc(C#Cc4cccc(Cl)c4)nc31)C(O)C2O. The van der Waals surface area contributed by atoms with E-state index in [9.17, 15) is 15.0 Å². The van der Waals surface area contributed by atoms with Crippen LogP contribution < -0.4 is 10.6 Å². The van der Waals surface area contributed by atoms with Crippen molar-refractivity contribution in [3.8, 4) is 11.8 Å². The highest BCUT2D eigenvalue weighted by Crippen LogP contribution is 2.67. The third-order valence-corrected chi connectivity index (χ3v) is 8.78.